The Hall–Kier alpha value is -3.15. The first-order chi connectivity index (χ1) is 12.6. The molecule has 0 atom stereocenters. The summed E-state index contributed by atoms with van der Waals surface area (Å²) in [5, 5.41) is 5.26. The smallest absolute Gasteiger partial charge is 0.314 e. The van der Waals surface area contributed by atoms with Gasteiger partial charge in [0, 0.05) is 24.3 Å². The Morgan fingerprint density at radius 3 is 2.23 bits per heavy atom. The van der Waals surface area contributed by atoms with Crippen molar-refractivity contribution in [1.29, 1.82) is 0 Å². The van der Waals surface area contributed by atoms with Crippen LogP contribution in [0.4, 0.5) is 17.1 Å². The number of anilines is 3. The highest BCUT2D eigenvalue weighted by Gasteiger charge is 2.30. The Balaban J connectivity index is 1.53. The topological polar surface area (TPSA) is 78.5 Å². The van der Waals surface area contributed by atoms with Crippen molar-refractivity contribution in [3.8, 4) is 0 Å². The van der Waals surface area contributed by atoms with Gasteiger partial charge in [-0.25, -0.2) is 0 Å². The van der Waals surface area contributed by atoms with Crippen molar-refractivity contribution in [3.05, 3.63) is 53.6 Å². The zero-order chi connectivity index (χ0) is 18.1. The lowest BCUT2D eigenvalue weighted by molar-refractivity contribution is -0.132. The highest BCUT2D eigenvalue weighted by molar-refractivity contribution is 6.43. The van der Waals surface area contributed by atoms with Gasteiger partial charge >= 0.3 is 11.8 Å². The van der Waals surface area contributed by atoms with Crippen LogP contribution in [0.25, 0.3) is 0 Å². The van der Waals surface area contributed by atoms with Crippen LogP contribution in [0.5, 0.6) is 0 Å². The average Bonchev–Trinajstić information content (AvgIpc) is 2.65. The van der Waals surface area contributed by atoms with Crippen LogP contribution >= 0.6 is 0 Å². The lowest BCUT2D eigenvalue weighted by Crippen LogP contribution is -2.39. The molecule has 0 aliphatic carbocycles. The molecule has 2 aliphatic rings. The summed E-state index contributed by atoms with van der Waals surface area (Å²) in [4.78, 5) is 38.3. The van der Waals surface area contributed by atoms with E-state index in [-0.39, 0.29) is 5.91 Å². The molecule has 0 saturated heterocycles. The van der Waals surface area contributed by atoms with Gasteiger partial charge in [0.2, 0.25) is 5.91 Å². The fourth-order valence-electron chi connectivity index (χ4n) is 3.62. The fraction of sp³-hybridized carbons (Fsp3) is 0.250. The summed E-state index contributed by atoms with van der Waals surface area (Å²) < 4.78 is 0. The molecule has 0 fully saturated rings. The molecule has 0 aromatic heterocycles. The van der Waals surface area contributed by atoms with Crippen molar-refractivity contribution < 1.29 is 14.4 Å². The van der Waals surface area contributed by atoms with Gasteiger partial charge in [0.1, 0.15) is 0 Å². The maximum atomic E-state index is 12.2. The minimum atomic E-state index is -0.709. The van der Waals surface area contributed by atoms with E-state index in [4.69, 9.17) is 0 Å². The number of aryl methyl sites for hydroxylation is 2. The number of benzene rings is 2. The molecule has 0 unspecified atom stereocenters. The zero-order valence-electron chi connectivity index (χ0n) is 14.2. The fourth-order valence-corrected chi connectivity index (χ4v) is 3.62. The molecule has 0 saturated carbocycles. The van der Waals surface area contributed by atoms with Gasteiger partial charge in [-0.1, -0.05) is 18.2 Å². The molecule has 2 heterocycles. The minimum Gasteiger partial charge on any atom is -0.318 e. The van der Waals surface area contributed by atoms with Gasteiger partial charge in [0.15, 0.2) is 0 Å². The number of para-hydroxylation sites is 1. The van der Waals surface area contributed by atoms with Crippen molar-refractivity contribution in [2.75, 3.05) is 22.1 Å². The van der Waals surface area contributed by atoms with Crippen LogP contribution in [0.15, 0.2) is 42.5 Å². The number of carbonyl (C=O) groups excluding carboxylic acids is 3. The molecule has 3 amide bonds. The van der Waals surface area contributed by atoms with Gasteiger partial charge in [-0.2, -0.15) is 0 Å². The molecule has 2 aromatic rings. The first-order valence-corrected chi connectivity index (χ1v) is 8.75. The molecule has 6 nitrogen and oxygen atoms in total. The number of hydrogen-bond acceptors (Lipinski definition) is 3. The van der Waals surface area contributed by atoms with E-state index in [9.17, 15) is 14.4 Å². The van der Waals surface area contributed by atoms with Crippen LogP contribution in [0.3, 0.4) is 0 Å². The van der Waals surface area contributed by atoms with E-state index in [2.05, 4.69) is 10.6 Å². The van der Waals surface area contributed by atoms with Crippen molar-refractivity contribution in [3.63, 3.8) is 0 Å². The van der Waals surface area contributed by atoms with Gasteiger partial charge in [-0.05, 0) is 54.7 Å². The summed E-state index contributed by atoms with van der Waals surface area (Å²) >= 11 is 0. The van der Waals surface area contributed by atoms with Crippen LogP contribution in [0.2, 0.25) is 0 Å². The van der Waals surface area contributed by atoms with Gasteiger partial charge in [0.05, 0.1) is 5.69 Å². The summed E-state index contributed by atoms with van der Waals surface area (Å²) in [6.07, 6.45) is 2.92. The first kappa shape index (κ1) is 16.3. The molecule has 0 bridgehead atoms. The number of nitrogens with zero attached hydrogens (tertiary/aromatic N) is 1. The number of amides is 3. The van der Waals surface area contributed by atoms with Crippen LogP contribution in [-0.2, 0) is 27.2 Å². The Kier molecular flexibility index (Phi) is 4.16. The highest BCUT2D eigenvalue weighted by Crippen LogP contribution is 2.37. The third kappa shape index (κ3) is 3.06. The van der Waals surface area contributed by atoms with E-state index >= 15 is 0 Å². The second-order valence-electron chi connectivity index (χ2n) is 6.57. The predicted octanol–water partition coefficient (Wildman–Crippen LogP) is 2.49. The van der Waals surface area contributed by atoms with E-state index in [1.807, 2.05) is 23.1 Å². The van der Waals surface area contributed by atoms with Crippen LogP contribution < -0.4 is 15.5 Å². The molecule has 2 N–H and O–H groups in total. The van der Waals surface area contributed by atoms with Crippen LogP contribution in [0, 0.1) is 0 Å². The predicted molar refractivity (Wildman–Crippen MR) is 99.1 cm³/mol. The molecule has 4 rings (SSSR count). The Morgan fingerprint density at radius 2 is 1.50 bits per heavy atom. The summed E-state index contributed by atoms with van der Waals surface area (Å²) in [5.41, 5.74) is 4.28. The lowest BCUT2D eigenvalue weighted by atomic mass is 9.91. The molecule has 26 heavy (non-hydrogen) atoms. The van der Waals surface area contributed by atoms with E-state index in [1.165, 1.54) is 0 Å². The van der Waals surface area contributed by atoms with Crippen LogP contribution in [0.1, 0.15) is 24.0 Å². The van der Waals surface area contributed by atoms with Crippen molar-refractivity contribution in [2.45, 2.75) is 25.7 Å². The number of rotatable bonds is 2. The van der Waals surface area contributed by atoms with Gasteiger partial charge in [0.25, 0.3) is 0 Å². The molecule has 6 heteroatoms. The van der Waals surface area contributed by atoms with Crippen LogP contribution in [-0.4, -0.2) is 24.3 Å². The van der Waals surface area contributed by atoms with E-state index in [0.29, 0.717) is 24.2 Å². The molecular formula is C20H19N3O3. The largest absolute Gasteiger partial charge is 0.318 e. The minimum absolute atomic E-state index is 0.164. The molecule has 0 radical (unpaired) electrons. The second-order valence-corrected chi connectivity index (χ2v) is 6.57. The third-order valence-corrected chi connectivity index (χ3v) is 4.77. The van der Waals surface area contributed by atoms with Crippen molar-refractivity contribution in [2.24, 2.45) is 0 Å². The standard InChI is InChI=1S/C20H19N3O3/c24-17-9-8-14-12-16(11-13-5-4-10-23(17)18(13)14)22-20(26)19(25)21-15-6-2-1-3-7-15/h1-3,6-7,11-12H,4-5,8-10H2,(H,21,25)(H,22,26). The number of carbonyl (C=O) groups is 3. The monoisotopic (exact) mass is 349 g/mol. The van der Waals surface area contributed by atoms with E-state index < -0.39 is 11.8 Å². The first-order valence-electron chi connectivity index (χ1n) is 8.75. The van der Waals surface area contributed by atoms with E-state index in [0.717, 1.165) is 36.2 Å². The maximum absolute atomic E-state index is 12.2. The normalized spacial score (nSPS) is 15.2. The maximum Gasteiger partial charge on any atom is 0.314 e. The average molecular weight is 349 g/mol. The van der Waals surface area contributed by atoms with Gasteiger partial charge in [-0.15, -0.1) is 0 Å². The van der Waals surface area contributed by atoms with Gasteiger partial charge in [-0.3, -0.25) is 14.4 Å². The highest BCUT2D eigenvalue weighted by atomic mass is 16.2. The molecule has 132 valence electrons. The second kappa shape index (κ2) is 6.63. The summed E-state index contributed by atoms with van der Waals surface area (Å²) in [5.74, 6) is -1.25. The molecule has 0 spiro atoms. The SMILES string of the molecule is O=C(Nc1ccccc1)C(=O)Nc1cc2c3c(c1)CCC(=O)N3CCC2. The third-order valence-electron chi connectivity index (χ3n) is 4.77. The molecular weight excluding hydrogens is 330 g/mol. The molecule has 2 aromatic carbocycles. The Bertz CT molecular complexity index is 875. The number of hydrogen-bond donors (Lipinski definition) is 2. The Morgan fingerprint density at radius 1 is 0.846 bits per heavy atom. The lowest BCUT2D eigenvalue weighted by Gasteiger charge is -2.35. The Labute approximate surface area is 151 Å². The summed E-state index contributed by atoms with van der Waals surface area (Å²) in [7, 11) is 0. The zero-order valence-corrected chi connectivity index (χ0v) is 14.2. The van der Waals surface area contributed by atoms with Crippen molar-refractivity contribution >= 4 is 34.8 Å². The van der Waals surface area contributed by atoms with Crippen molar-refractivity contribution in [1.82, 2.24) is 0 Å². The summed E-state index contributed by atoms with van der Waals surface area (Å²) in [6, 6.07) is 12.6. The molecule has 2 aliphatic heterocycles. The van der Waals surface area contributed by atoms with Gasteiger partial charge < -0.3 is 15.5 Å². The quantitative estimate of drug-likeness (QED) is 0.818. The summed E-state index contributed by atoms with van der Waals surface area (Å²) in [6.45, 7) is 0.754. The number of nitrogens with one attached hydrogen (secondary N) is 2. The van der Waals surface area contributed by atoms with E-state index in [1.54, 1.807) is 24.3 Å².